The number of esters is 1. The van der Waals surface area contributed by atoms with Gasteiger partial charge in [0.15, 0.2) is 6.10 Å². The van der Waals surface area contributed by atoms with Gasteiger partial charge in [0.2, 0.25) is 0 Å². The van der Waals surface area contributed by atoms with Crippen LogP contribution in [-0.2, 0) is 14.3 Å². The largest absolute Gasteiger partial charge is 0.449 e. The summed E-state index contributed by atoms with van der Waals surface area (Å²) in [7, 11) is 0. The molecule has 7 nitrogen and oxygen atoms in total. The van der Waals surface area contributed by atoms with Crippen molar-refractivity contribution in [1.82, 2.24) is 0 Å². The van der Waals surface area contributed by atoms with Crippen molar-refractivity contribution in [3.8, 4) is 0 Å². The Morgan fingerprint density at radius 2 is 1.92 bits per heavy atom. The molecule has 1 atom stereocenters. The molecule has 0 aliphatic rings. The van der Waals surface area contributed by atoms with Gasteiger partial charge in [-0.1, -0.05) is 30.3 Å². The van der Waals surface area contributed by atoms with E-state index in [1.54, 1.807) is 18.2 Å². The number of carbonyl (C=O) groups is 2. The van der Waals surface area contributed by atoms with Gasteiger partial charge < -0.3 is 10.1 Å². The van der Waals surface area contributed by atoms with E-state index in [1.807, 2.05) is 19.1 Å². The zero-order valence-corrected chi connectivity index (χ0v) is 14.3. The number of hydrogen-bond acceptors (Lipinski definition) is 5. The maximum absolute atomic E-state index is 12.1. The highest BCUT2D eigenvalue weighted by Gasteiger charge is 2.17. The normalized spacial score (nSPS) is 11.8. The smallest absolute Gasteiger partial charge is 0.331 e. The third-order valence-electron chi connectivity index (χ3n) is 3.56. The molecule has 0 radical (unpaired) electrons. The van der Waals surface area contributed by atoms with Crippen molar-refractivity contribution >= 4 is 29.3 Å². The van der Waals surface area contributed by atoms with Gasteiger partial charge in [0.25, 0.3) is 11.6 Å². The van der Waals surface area contributed by atoms with Crippen molar-refractivity contribution in [3.05, 3.63) is 75.8 Å². The first-order valence-corrected chi connectivity index (χ1v) is 7.86. The number of nitrogens with one attached hydrogen (secondary N) is 1. The van der Waals surface area contributed by atoms with Crippen molar-refractivity contribution in [2.24, 2.45) is 0 Å². The second-order valence-electron chi connectivity index (χ2n) is 5.57. The Morgan fingerprint density at radius 3 is 2.62 bits per heavy atom. The second-order valence-corrected chi connectivity index (χ2v) is 5.57. The number of nitrogens with zero attached hydrogens (tertiary/aromatic N) is 1. The molecule has 2 aromatic rings. The van der Waals surface area contributed by atoms with Gasteiger partial charge in [-0.05, 0) is 37.1 Å². The minimum Gasteiger partial charge on any atom is -0.449 e. The number of benzene rings is 2. The van der Waals surface area contributed by atoms with Crippen molar-refractivity contribution < 1.29 is 19.2 Å². The predicted octanol–water partition coefficient (Wildman–Crippen LogP) is 3.49. The van der Waals surface area contributed by atoms with E-state index in [0.717, 1.165) is 11.6 Å². The average Bonchev–Trinajstić information content (AvgIpc) is 2.62. The summed E-state index contributed by atoms with van der Waals surface area (Å²) >= 11 is 0. The van der Waals surface area contributed by atoms with E-state index in [0.29, 0.717) is 11.3 Å². The first-order valence-electron chi connectivity index (χ1n) is 7.86. The molecule has 134 valence electrons. The Labute approximate surface area is 150 Å². The molecule has 0 aliphatic heterocycles. The molecule has 1 N–H and O–H groups in total. The SMILES string of the molecule is Cc1ccccc1NC(=O)[C@H](C)OC(=O)/C=C/c1cccc([N+](=O)[O-])c1. The van der Waals surface area contributed by atoms with Crippen LogP contribution in [0.5, 0.6) is 0 Å². The van der Waals surface area contributed by atoms with Gasteiger partial charge in [-0.2, -0.15) is 0 Å². The fourth-order valence-electron chi connectivity index (χ4n) is 2.12. The lowest BCUT2D eigenvalue weighted by atomic mass is 10.2. The van der Waals surface area contributed by atoms with Crippen LogP contribution in [0.3, 0.4) is 0 Å². The lowest BCUT2D eigenvalue weighted by Crippen LogP contribution is -2.29. The minimum atomic E-state index is -0.989. The molecule has 0 unspecified atom stereocenters. The number of non-ortho nitro benzene ring substituents is 1. The maximum atomic E-state index is 12.1. The number of nitro groups is 1. The molecule has 0 bridgehead atoms. The summed E-state index contributed by atoms with van der Waals surface area (Å²) in [5.41, 5.74) is 1.94. The Balaban J connectivity index is 1.94. The van der Waals surface area contributed by atoms with E-state index in [1.165, 1.54) is 31.2 Å². The molecule has 0 saturated heterocycles. The lowest BCUT2D eigenvalue weighted by molar-refractivity contribution is -0.384. The molecule has 0 aliphatic carbocycles. The van der Waals surface area contributed by atoms with Crippen LogP contribution in [-0.4, -0.2) is 22.9 Å². The molecule has 2 aromatic carbocycles. The Hall–Kier alpha value is -3.48. The average molecular weight is 354 g/mol. The number of carbonyl (C=O) groups excluding carboxylic acids is 2. The summed E-state index contributed by atoms with van der Waals surface area (Å²) in [5.74, 6) is -1.17. The second kappa shape index (κ2) is 8.57. The van der Waals surface area contributed by atoms with Crippen LogP contribution in [0.15, 0.2) is 54.6 Å². The van der Waals surface area contributed by atoms with Crippen LogP contribution >= 0.6 is 0 Å². The van der Waals surface area contributed by atoms with Gasteiger partial charge >= 0.3 is 5.97 Å². The van der Waals surface area contributed by atoms with E-state index in [4.69, 9.17) is 4.74 Å². The lowest BCUT2D eigenvalue weighted by Gasteiger charge is -2.13. The van der Waals surface area contributed by atoms with E-state index in [9.17, 15) is 19.7 Å². The van der Waals surface area contributed by atoms with Crippen LogP contribution in [0.25, 0.3) is 6.08 Å². The highest BCUT2D eigenvalue weighted by molar-refractivity contribution is 5.97. The molecule has 2 rings (SSSR count). The Bertz CT molecular complexity index is 861. The summed E-state index contributed by atoms with van der Waals surface area (Å²) in [4.78, 5) is 34.2. The number of amides is 1. The molecule has 26 heavy (non-hydrogen) atoms. The fraction of sp³-hybridized carbons (Fsp3) is 0.158. The van der Waals surface area contributed by atoms with Crippen LogP contribution in [0.4, 0.5) is 11.4 Å². The third-order valence-corrected chi connectivity index (χ3v) is 3.56. The highest BCUT2D eigenvalue weighted by Crippen LogP contribution is 2.15. The zero-order valence-electron chi connectivity index (χ0n) is 14.3. The van der Waals surface area contributed by atoms with Gasteiger partial charge in [0.1, 0.15) is 0 Å². The van der Waals surface area contributed by atoms with E-state index < -0.39 is 22.9 Å². The maximum Gasteiger partial charge on any atom is 0.331 e. The van der Waals surface area contributed by atoms with E-state index in [-0.39, 0.29) is 5.69 Å². The molecular formula is C19H18N2O5. The molecule has 0 heterocycles. The first-order chi connectivity index (χ1) is 12.4. The van der Waals surface area contributed by atoms with Crippen LogP contribution < -0.4 is 5.32 Å². The molecule has 7 heteroatoms. The Morgan fingerprint density at radius 1 is 1.19 bits per heavy atom. The molecule has 0 aromatic heterocycles. The molecule has 0 spiro atoms. The molecule has 0 fully saturated rings. The third kappa shape index (κ3) is 5.27. The van der Waals surface area contributed by atoms with Gasteiger partial charge in [-0.25, -0.2) is 4.79 Å². The topological polar surface area (TPSA) is 98.5 Å². The van der Waals surface area contributed by atoms with Crippen molar-refractivity contribution in [1.29, 1.82) is 0 Å². The highest BCUT2D eigenvalue weighted by atomic mass is 16.6. The number of aryl methyl sites for hydroxylation is 1. The van der Waals surface area contributed by atoms with E-state index in [2.05, 4.69) is 5.32 Å². The van der Waals surface area contributed by atoms with Crippen molar-refractivity contribution in [2.45, 2.75) is 20.0 Å². The summed E-state index contributed by atoms with van der Waals surface area (Å²) in [6.07, 6.45) is 1.52. The molecule has 1 amide bonds. The van der Waals surface area contributed by atoms with E-state index >= 15 is 0 Å². The summed E-state index contributed by atoms with van der Waals surface area (Å²) < 4.78 is 5.05. The van der Waals surface area contributed by atoms with Crippen molar-refractivity contribution in [2.75, 3.05) is 5.32 Å². The molecule has 0 saturated carbocycles. The van der Waals surface area contributed by atoms with Gasteiger partial charge in [-0.15, -0.1) is 0 Å². The van der Waals surface area contributed by atoms with Gasteiger partial charge in [-0.3, -0.25) is 14.9 Å². The molecular weight excluding hydrogens is 336 g/mol. The number of para-hydroxylation sites is 1. The minimum absolute atomic E-state index is 0.0773. The first kappa shape index (κ1) is 18.9. The van der Waals surface area contributed by atoms with Crippen LogP contribution in [0.2, 0.25) is 0 Å². The van der Waals surface area contributed by atoms with Crippen LogP contribution in [0.1, 0.15) is 18.1 Å². The number of hydrogen-bond donors (Lipinski definition) is 1. The van der Waals surface area contributed by atoms with Gasteiger partial charge in [0, 0.05) is 23.9 Å². The quantitative estimate of drug-likeness (QED) is 0.370. The fourth-order valence-corrected chi connectivity index (χ4v) is 2.12. The number of ether oxygens (including phenoxy) is 1. The number of nitro benzene ring substituents is 1. The predicted molar refractivity (Wildman–Crippen MR) is 97.5 cm³/mol. The van der Waals surface area contributed by atoms with Crippen LogP contribution in [0, 0.1) is 17.0 Å². The van der Waals surface area contributed by atoms with Gasteiger partial charge in [0.05, 0.1) is 4.92 Å². The number of rotatable bonds is 6. The zero-order chi connectivity index (χ0) is 19.1. The summed E-state index contributed by atoms with van der Waals surface area (Å²) in [5, 5.41) is 13.4. The van der Waals surface area contributed by atoms with Crippen molar-refractivity contribution in [3.63, 3.8) is 0 Å². The summed E-state index contributed by atoms with van der Waals surface area (Å²) in [6.45, 7) is 3.32. The summed E-state index contributed by atoms with van der Waals surface area (Å²) in [6, 6.07) is 13.1. The monoisotopic (exact) mass is 354 g/mol. The Kier molecular flexibility index (Phi) is 6.21. The number of anilines is 1. The standard InChI is InChI=1S/C19H18N2O5/c1-13-6-3-4-9-17(13)20-19(23)14(2)26-18(22)11-10-15-7-5-8-16(12-15)21(24)25/h3-12,14H,1-2H3,(H,20,23)/b11-10+/t14-/m0/s1.